The fraction of sp³-hybridized carbons (Fsp3) is 0.440. The van der Waals surface area contributed by atoms with Crippen LogP contribution in [0.15, 0.2) is 36.4 Å². The second-order valence-electron chi connectivity index (χ2n) is 8.89. The number of hydrogen-bond donors (Lipinski definition) is 1. The van der Waals surface area contributed by atoms with E-state index < -0.39 is 5.60 Å². The van der Waals surface area contributed by atoms with Crippen molar-refractivity contribution in [2.24, 2.45) is 17.8 Å². The van der Waals surface area contributed by atoms with Crippen molar-refractivity contribution in [3.63, 3.8) is 0 Å². The summed E-state index contributed by atoms with van der Waals surface area (Å²) >= 11 is 0. The van der Waals surface area contributed by atoms with E-state index in [0.29, 0.717) is 35.8 Å². The van der Waals surface area contributed by atoms with E-state index in [1.807, 2.05) is 43.3 Å². The number of ketones is 1. The number of rotatable bonds is 5. The number of aryl methyl sites for hydroxylation is 1. The molecule has 6 nitrogen and oxygen atoms in total. The van der Waals surface area contributed by atoms with Crippen LogP contribution in [-0.4, -0.2) is 31.5 Å². The lowest BCUT2D eigenvalue weighted by molar-refractivity contribution is -0.124. The second-order valence-corrected chi connectivity index (χ2v) is 8.89. The molecular formula is C25H27NO5. The molecule has 3 aliphatic rings. The van der Waals surface area contributed by atoms with E-state index in [4.69, 9.17) is 14.2 Å². The number of benzene rings is 2. The highest BCUT2D eigenvalue weighted by atomic mass is 16.5. The Bertz CT molecular complexity index is 1060. The number of amides is 1. The highest BCUT2D eigenvalue weighted by Gasteiger charge is 2.70. The molecule has 5 rings (SSSR count). The van der Waals surface area contributed by atoms with Gasteiger partial charge in [0.2, 0.25) is 5.91 Å². The van der Waals surface area contributed by atoms with Crippen LogP contribution in [0.2, 0.25) is 0 Å². The summed E-state index contributed by atoms with van der Waals surface area (Å²) in [6, 6.07) is 11.4. The highest BCUT2D eigenvalue weighted by Crippen LogP contribution is 2.65. The maximum atomic E-state index is 13.0. The van der Waals surface area contributed by atoms with Crippen LogP contribution in [0.1, 0.15) is 40.7 Å². The van der Waals surface area contributed by atoms with Gasteiger partial charge in [0, 0.05) is 23.9 Å². The van der Waals surface area contributed by atoms with Gasteiger partial charge in [-0.1, -0.05) is 23.8 Å². The van der Waals surface area contributed by atoms with Crippen molar-refractivity contribution >= 4 is 11.7 Å². The molecule has 31 heavy (non-hydrogen) atoms. The lowest BCUT2D eigenvalue weighted by Gasteiger charge is -2.37. The first-order valence-electron chi connectivity index (χ1n) is 10.8. The highest BCUT2D eigenvalue weighted by molar-refractivity contribution is 6.01. The minimum Gasteiger partial charge on any atom is -0.493 e. The zero-order valence-corrected chi connectivity index (χ0v) is 18.1. The number of para-hydroxylation sites is 1. The molecule has 1 amide bonds. The van der Waals surface area contributed by atoms with E-state index in [1.54, 1.807) is 14.2 Å². The Morgan fingerprint density at radius 1 is 1.23 bits per heavy atom. The Balaban J connectivity index is 1.30. The van der Waals surface area contributed by atoms with Crippen molar-refractivity contribution < 1.29 is 23.8 Å². The summed E-state index contributed by atoms with van der Waals surface area (Å²) in [5.41, 5.74) is 2.04. The third-order valence-corrected chi connectivity index (χ3v) is 7.13. The first-order valence-corrected chi connectivity index (χ1v) is 10.8. The zero-order valence-electron chi connectivity index (χ0n) is 18.1. The van der Waals surface area contributed by atoms with Gasteiger partial charge in [0.15, 0.2) is 17.3 Å². The Kier molecular flexibility index (Phi) is 4.68. The molecule has 2 fully saturated rings. The van der Waals surface area contributed by atoms with Crippen LogP contribution >= 0.6 is 0 Å². The molecule has 4 atom stereocenters. The molecule has 1 aliphatic heterocycles. The topological polar surface area (TPSA) is 73.9 Å². The number of ether oxygens (including phenoxy) is 3. The molecule has 0 unspecified atom stereocenters. The van der Waals surface area contributed by atoms with Gasteiger partial charge in [-0.25, -0.2) is 0 Å². The van der Waals surface area contributed by atoms with Crippen molar-refractivity contribution in [2.75, 3.05) is 14.2 Å². The maximum Gasteiger partial charge on any atom is 0.224 e. The van der Waals surface area contributed by atoms with E-state index in [2.05, 4.69) is 5.32 Å². The maximum absolute atomic E-state index is 13.0. The molecule has 2 aromatic carbocycles. The molecule has 2 aliphatic carbocycles. The number of methoxy groups -OCH3 is 2. The summed E-state index contributed by atoms with van der Waals surface area (Å²) in [5, 5.41) is 3.06. The zero-order chi connectivity index (χ0) is 21.8. The van der Waals surface area contributed by atoms with Gasteiger partial charge in [-0.3, -0.25) is 9.59 Å². The number of nitrogens with one attached hydrogen (secondary N) is 1. The largest absolute Gasteiger partial charge is 0.493 e. The van der Waals surface area contributed by atoms with E-state index in [1.165, 1.54) is 0 Å². The Morgan fingerprint density at radius 2 is 2.06 bits per heavy atom. The van der Waals surface area contributed by atoms with Gasteiger partial charge >= 0.3 is 0 Å². The van der Waals surface area contributed by atoms with Gasteiger partial charge < -0.3 is 19.5 Å². The lowest BCUT2D eigenvalue weighted by atomic mass is 9.84. The van der Waals surface area contributed by atoms with E-state index in [9.17, 15) is 9.59 Å². The normalized spacial score (nSPS) is 27.8. The van der Waals surface area contributed by atoms with Crippen LogP contribution in [-0.2, 0) is 11.3 Å². The van der Waals surface area contributed by atoms with Crippen LogP contribution in [0, 0.1) is 24.7 Å². The predicted octanol–water partition coefficient (Wildman–Crippen LogP) is 3.69. The van der Waals surface area contributed by atoms with Crippen LogP contribution in [0.4, 0.5) is 0 Å². The number of fused-ring (bicyclic) bond motifs is 3. The molecule has 6 heteroatoms. The average molecular weight is 421 g/mol. The summed E-state index contributed by atoms with van der Waals surface area (Å²) in [7, 11) is 3.19. The molecule has 1 spiro atoms. The van der Waals surface area contributed by atoms with Crippen molar-refractivity contribution in [1.29, 1.82) is 0 Å². The monoisotopic (exact) mass is 421 g/mol. The first kappa shape index (κ1) is 19.9. The molecule has 2 aromatic rings. The smallest absolute Gasteiger partial charge is 0.224 e. The van der Waals surface area contributed by atoms with Crippen molar-refractivity contribution in [3.05, 3.63) is 53.1 Å². The molecule has 1 heterocycles. The third-order valence-electron chi connectivity index (χ3n) is 7.13. The predicted molar refractivity (Wildman–Crippen MR) is 115 cm³/mol. The summed E-state index contributed by atoms with van der Waals surface area (Å²) in [6.45, 7) is 2.34. The van der Waals surface area contributed by atoms with Gasteiger partial charge in [-0.05, 0) is 43.9 Å². The van der Waals surface area contributed by atoms with E-state index in [0.717, 1.165) is 24.0 Å². The van der Waals surface area contributed by atoms with Gasteiger partial charge in [0.25, 0.3) is 0 Å². The molecule has 0 bridgehead atoms. The fourth-order valence-corrected chi connectivity index (χ4v) is 5.68. The number of carbonyl (C=O) groups is 2. The lowest BCUT2D eigenvalue weighted by Crippen LogP contribution is -2.44. The summed E-state index contributed by atoms with van der Waals surface area (Å²) in [4.78, 5) is 25.9. The van der Waals surface area contributed by atoms with E-state index in [-0.39, 0.29) is 29.4 Å². The Morgan fingerprint density at radius 3 is 2.84 bits per heavy atom. The van der Waals surface area contributed by atoms with Gasteiger partial charge in [0.05, 0.1) is 26.2 Å². The van der Waals surface area contributed by atoms with Gasteiger partial charge in [-0.2, -0.15) is 0 Å². The van der Waals surface area contributed by atoms with Crippen LogP contribution in [0.5, 0.6) is 17.2 Å². The van der Waals surface area contributed by atoms with E-state index >= 15 is 0 Å². The SMILES string of the molecule is COc1cccc(CNC(=O)[C@@H]2[C@H]3CC[C@@]4(CC(=O)c5cc(C)ccc5O4)[C@H]32)c1OC. The number of hydrogen-bond acceptors (Lipinski definition) is 5. The van der Waals surface area contributed by atoms with Gasteiger partial charge in [0.1, 0.15) is 11.4 Å². The van der Waals surface area contributed by atoms with Crippen LogP contribution in [0.25, 0.3) is 0 Å². The quantitative estimate of drug-likeness (QED) is 0.797. The number of carbonyl (C=O) groups excluding carboxylic acids is 2. The molecule has 0 aromatic heterocycles. The van der Waals surface area contributed by atoms with Crippen molar-refractivity contribution in [1.82, 2.24) is 5.32 Å². The molecule has 0 radical (unpaired) electrons. The minimum atomic E-state index is -0.542. The molecule has 0 saturated heterocycles. The van der Waals surface area contributed by atoms with Crippen molar-refractivity contribution in [2.45, 2.75) is 38.3 Å². The molecule has 1 N–H and O–H groups in total. The van der Waals surface area contributed by atoms with Crippen molar-refractivity contribution in [3.8, 4) is 17.2 Å². The third kappa shape index (κ3) is 3.16. The summed E-state index contributed by atoms with van der Waals surface area (Å²) in [6.07, 6.45) is 2.10. The first-order chi connectivity index (χ1) is 15.0. The minimum absolute atomic E-state index is 0.0182. The molecule has 162 valence electrons. The standard InChI is InChI=1S/C25H27NO5/c1-14-7-8-19-17(11-14)18(27)12-25(31-19)10-9-16-21(22(16)25)24(28)26-13-15-5-4-6-20(29-2)23(15)30-3/h4-8,11,16,21-22H,9-10,12-13H2,1-3H3,(H,26,28)/t16-,21-,22-,25-/m1/s1. The summed E-state index contributed by atoms with van der Waals surface area (Å²) in [5.74, 6) is 2.35. The van der Waals surface area contributed by atoms with Crippen LogP contribution in [0.3, 0.4) is 0 Å². The average Bonchev–Trinajstić information content (AvgIpc) is 3.42. The van der Waals surface area contributed by atoms with Crippen LogP contribution < -0.4 is 19.5 Å². The Hall–Kier alpha value is -3.02. The van der Waals surface area contributed by atoms with Gasteiger partial charge in [-0.15, -0.1) is 0 Å². The summed E-state index contributed by atoms with van der Waals surface area (Å²) < 4.78 is 17.2. The Labute approximate surface area is 181 Å². The fourth-order valence-electron chi connectivity index (χ4n) is 5.68. The number of Topliss-reactive ketones (excluding diaryl/α,β-unsaturated/α-hetero) is 1. The molecule has 2 saturated carbocycles. The molecular weight excluding hydrogens is 394 g/mol. The second kappa shape index (κ2) is 7.29.